The number of rotatable bonds is 7. The predicted octanol–water partition coefficient (Wildman–Crippen LogP) is 3.81. The van der Waals surface area contributed by atoms with Crippen LogP contribution in [0.1, 0.15) is 31.1 Å². The Morgan fingerprint density at radius 2 is 1.76 bits per heavy atom. The third-order valence-corrected chi connectivity index (χ3v) is 9.49. The Labute approximate surface area is 149 Å². The van der Waals surface area contributed by atoms with Gasteiger partial charge in [0.05, 0.1) is 26.4 Å². The molecule has 7 heteroatoms. The summed E-state index contributed by atoms with van der Waals surface area (Å²) in [5.74, 6) is -0.502. The van der Waals surface area contributed by atoms with Crippen molar-refractivity contribution in [3.05, 3.63) is 23.5 Å². The average molecular weight is 370 g/mol. The van der Waals surface area contributed by atoms with E-state index in [0.29, 0.717) is 12.4 Å². The summed E-state index contributed by atoms with van der Waals surface area (Å²) in [5, 5.41) is 0.0802. The second-order valence-corrected chi connectivity index (χ2v) is 12.5. The highest BCUT2D eigenvalue weighted by Gasteiger charge is 2.48. The summed E-state index contributed by atoms with van der Waals surface area (Å²) in [7, 11) is 0.940. The van der Waals surface area contributed by atoms with Crippen molar-refractivity contribution in [2.45, 2.75) is 51.1 Å². The number of ether oxygens (including phenoxy) is 3. The van der Waals surface area contributed by atoms with Gasteiger partial charge in [-0.3, -0.25) is 4.79 Å². The Hall–Kier alpha value is -1.44. The van der Waals surface area contributed by atoms with Gasteiger partial charge in [-0.25, -0.2) is 4.39 Å². The molecule has 1 aliphatic heterocycles. The normalized spacial score (nSPS) is 20.3. The summed E-state index contributed by atoms with van der Waals surface area (Å²) in [6, 6.07) is 2.50. The van der Waals surface area contributed by atoms with Crippen LogP contribution in [0, 0.1) is 5.82 Å². The molecule has 2 atom stereocenters. The van der Waals surface area contributed by atoms with Crippen LogP contribution >= 0.6 is 0 Å². The minimum Gasteiger partial charge on any atom is -0.493 e. The maximum Gasteiger partial charge on any atom is 0.197 e. The van der Waals surface area contributed by atoms with Crippen LogP contribution in [0.15, 0.2) is 12.1 Å². The van der Waals surface area contributed by atoms with Gasteiger partial charge in [-0.1, -0.05) is 20.8 Å². The van der Waals surface area contributed by atoms with Crippen molar-refractivity contribution in [2.75, 3.05) is 20.8 Å². The lowest BCUT2D eigenvalue weighted by molar-refractivity contribution is 0.0949. The van der Waals surface area contributed by atoms with E-state index in [1.54, 1.807) is 0 Å². The minimum absolute atomic E-state index is 0.0579. The Balaban J connectivity index is 2.04. The highest BCUT2D eigenvalue weighted by Crippen LogP contribution is 2.38. The first-order chi connectivity index (χ1) is 11.5. The number of hydrogen-bond donors (Lipinski definition) is 0. The monoisotopic (exact) mass is 370 g/mol. The van der Waals surface area contributed by atoms with Crippen LogP contribution < -0.4 is 9.47 Å². The van der Waals surface area contributed by atoms with Gasteiger partial charge in [0.2, 0.25) is 0 Å². The molecule has 1 saturated heterocycles. The molecule has 0 amide bonds. The molecule has 1 aliphatic rings. The molecule has 0 aliphatic carbocycles. The van der Waals surface area contributed by atoms with Gasteiger partial charge in [-0.05, 0) is 24.2 Å². The van der Waals surface area contributed by atoms with Gasteiger partial charge >= 0.3 is 0 Å². The molecular formula is C18H27FO5Si. The molecule has 1 aromatic carbocycles. The van der Waals surface area contributed by atoms with E-state index in [0.717, 1.165) is 6.07 Å². The van der Waals surface area contributed by atoms with Gasteiger partial charge in [0.25, 0.3) is 0 Å². The third kappa shape index (κ3) is 4.21. The Kier molecular flexibility index (Phi) is 5.61. The maximum atomic E-state index is 14.2. The van der Waals surface area contributed by atoms with Crippen LogP contribution in [0.4, 0.5) is 4.39 Å². The van der Waals surface area contributed by atoms with Crippen molar-refractivity contribution in [2.24, 2.45) is 0 Å². The lowest BCUT2D eigenvalue weighted by Gasteiger charge is -2.35. The van der Waals surface area contributed by atoms with Gasteiger partial charge in [0, 0.05) is 6.07 Å². The fraction of sp³-hybridized carbons (Fsp3) is 0.611. The molecule has 1 fully saturated rings. The summed E-state index contributed by atoms with van der Waals surface area (Å²) in [6.45, 7) is 11.1. The number of carbonyl (C=O) groups excluding carboxylic acids is 1. The molecule has 25 heavy (non-hydrogen) atoms. The predicted molar refractivity (Wildman–Crippen MR) is 95.6 cm³/mol. The van der Waals surface area contributed by atoms with E-state index in [-0.39, 0.29) is 22.5 Å². The quantitative estimate of drug-likeness (QED) is 0.415. The van der Waals surface area contributed by atoms with Crippen LogP contribution in [0.25, 0.3) is 0 Å². The number of Topliss-reactive ketones (excluding diaryl/α,β-unsaturated/α-hetero) is 1. The summed E-state index contributed by atoms with van der Waals surface area (Å²) < 4.78 is 35.9. The standard InChI is InChI=1S/C18H27FO5Si/c1-18(2,3)25(6,7)23-10-15-17(24-15)16(20)11-8-13(21-4)14(22-5)9-12(11)19/h8-9,15,17H,10H2,1-7H3/t15-,17-/m1/s1. The SMILES string of the molecule is COc1cc(F)c(C(=O)[C@@H]2O[C@@H]2CO[Si](C)(C)C(C)(C)C)cc1OC. The fourth-order valence-corrected chi connectivity index (χ4v) is 3.22. The minimum atomic E-state index is -1.91. The van der Waals surface area contributed by atoms with E-state index in [4.69, 9.17) is 18.6 Å². The van der Waals surface area contributed by atoms with Gasteiger partial charge in [0.1, 0.15) is 18.0 Å². The Bertz CT molecular complexity index is 654. The van der Waals surface area contributed by atoms with E-state index in [2.05, 4.69) is 33.9 Å². The van der Waals surface area contributed by atoms with E-state index < -0.39 is 26.0 Å². The average Bonchev–Trinajstić information content (AvgIpc) is 3.30. The largest absolute Gasteiger partial charge is 0.493 e. The lowest BCUT2D eigenvalue weighted by atomic mass is 10.1. The number of halogens is 1. The molecule has 5 nitrogen and oxygen atoms in total. The third-order valence-electron chi connectivity index (χ3n) is 4.99. The zero-order valence-corrected chi connectivity index (χ0v) is 16.9. The molecule has 1 aromatic rings. The molecule has 2 rings (SSSR count). The molecule has 0 saturated carbocycles. The highest BCUT2D eigenvalue weighted by molar-refractivity contribution is 6.74. The number of epoxide rings is 1. The first kappa shape index (κ1) is 19.9. The van der Waals surface area contributed by atoms with Gasteiger partial charge in [-0.2, -0.15) is 0 Å². The zero-order valence-electron chi connectivity index (χ0n) is 15.9. The molecule has 0 radical (unpaired) electrons. The second-order valence-electron chi connectivity index (χ2n) is 7.72. The van der Waals surface area contributed by atoms with Crippen molar-refractivity contribution < 1.29 is 27.8 Å². The van der Waals surface area contributed by atoms with Crippen LogP contribution in [0.5, 0.6) is 11.5 Å². The molecular weight excluding hydrogens is 343 g/mol. The molecule has 0 spiro atoms. The van der Waals surface area contributed by atoms with E-state index in [1.807, 2.05) is 0 Å². The summed E-state index contributed by atoms with van der Waals surface area (Å²) in [6.07, 6.45) is -0.994. The van der Waals surface area contributed by atoms with E-state index >= 15 is 0 Å². The summed E-state index contributed by atoms with van der Waals surface area (Å²) in [4.78, 5) is 12.5. The van der Waals surface area contributed by atoms with Crippen molar-refractivity contribution in [1.82, 2.24) is 0 Å². The van der Waals surface area contributed by atoms with E-state index in [1.165, 1.54) is 20.3 Å². The summed E-state index contributed by atoms with van der Waals surface area (Å²) in [5.41, 5.74) is -0.0579. The lowest BCUT2D eigenvalue weighted by Crippen LogP contribution is -2.41. The Morgan fingerprint density at radius 1 is 1.20 bits per heavy atom. The van der Waals surface area contributed by atoms with E-state index in [9.17, 15) is 9.18 Å². The van der Waals surface area contributed by atoms with Crippen molar-refractivity contribution in [3.8, 4) is 11.5 Å². The molecule has 0 N–H and O–H groups in total. The van der Waals surface area contributed by atoms with Crippen molar-refractivity contribution in [3.63, 3.8) is 0 Å². The topological polar surface area (TPSA) is 57.3 Å². The molecule has 0 unspecified atom stereocenters. The fourth-order valence-electron chi connectivity index (χ4n) is 2.20. The van der Waals surface area contributed by atoms with Gasteiger partial charge in [-0.15, -0.1) is 0 Å². The van der Waals surface area contributed by atoms with Crippen LogP contribution in [-0.4, -0.2) is 47.1 Å². The second kappa shape index (κ2) is 7.05. The van der Waals surface area contributed by atoms with Crippen molar-refractivity contribution >= 4 is 14.1 Å². The number of ketones is 1. The molecule has 0 aromatic heterocycles. The number of benzene rings is 1. The first-order valence-electron chi connectivity index (χ1n) is 8.27. The van der Waals surface area contributed by atoms with Gasteiger partial charge < -0.3 is 18.6 Å². The number of hydrogen-bond acceptors (Lipinski definition) is 5. The van der Waals surface area contributed by atoms with Crippen LogP contribution in [0.3, 0.4) is 0 Å². The van der Waals surface area contributed by atoms with Gasteiger partial charge in [0.15, 0.2) is 25.6 Å². The smallest absolute Gasteiger partial charge is 0.197 e. The van der Waals surface area contributed by atoms with Crippen LogP contribution in [-0.2, 0) is 9.16 Å². The molecule has 140 valence electrons. The zero-order chi connectivity index (χ0) is 19.0. The molecule has 1 heterocycles. The van der Waals surface area contributed by atoms with Crippen LogP contribution in [0.2, 0.25) is 18.1 Å². The Morgan fingerprint density at radius 3 is 2.28 bits per heavy atom. The number of carbonyl (C=O) groups is 1. The maximum absolute atomic E-state index is 14.2. The highest BCUT2D eigenvalue weighted by atomic mass is 28.4. The summed E-state index contributed by atoms with van der Waals surface area (Å²) >= 11 is 0. The molecule has 0 bridgehead atoms. The first-order valence-corrected chi connectivity index (χ1v) is 11.2. The van der Waals surface area contributed by atoms with Crippen molar-refractivity contribution in [1.29, 1.82) is 0 Å². The number of methoxy groups -OCH3 is 2.